The number of carbonyl (C=O) groups is 2. The lowest BCUT2D eigenvalue weighted by molar-refractivity contribution is -0.131. The Balaban J connectivity index is 1.82. The predicted molar refractivity (Wildman–Crippen MR) is 85.7 cm³/mol. The van der Waals surface area contributed by atoms with Gasteiger partial charge < -0.3 is 9.88 Å². The third kappa shape index (κ3) is 2.50. The molecular weight excluding hydrogens is 292 g/mol. The van der Waals surface area contributed by atoms with E-state index in [1.54, 1.807) is 19.4 Å². The van der Waals surface area contributed by atoms with Crippen molar-refractivity contribution in [2.24, 2.45) is 7.05 Å². The van der Waals surface area contributed by atoms with E-state index in [1.165, 1.54) is 4.90 Å². The summed E-state index contributed by atoms with van der Waals surface area (Å²) in [6.45, 7) is 4.05. The van der Waals surface area contributed by atoms with Crippen LogP contribution in [0.4, 0.5) is 4.79 Å². The Labute approximate surface area is 135 Å². The molecule has 0 aliphatic carbocycles. The normalized spacial score (nSPS) is 20.9. The van der Waals surface area contributed by atoms with Gasteiger partial charge in [-0.05, 0) is 25.0 Å². The van der Waals surface area contributed by atoms with Crippen LogP contribution in [0.25, 0.3) is 0 Å². The zero-order chi connectivity index (χ0) is 16.6. The smallest absolute Gasteiger partial charge is 0.325 e. The fraction of sp³-hybridized carbons (Fsp3) is 0.353. The highest BCUT2D eigenvalue weighted by molar-refractivity contribution is 6.07. The number of imidazole rings is 1. The molecule has 1 aromatic carbocycles. The minimum absolute atomic E-state index is 0.209. The average molecular weight is 312 g/mol. The maximum absolute atomic E-state index is 12.9. The number of rotatable bonds is 4. The Kier molecular flexibility index (Phi) is 3.67. The van der Waals surface area contributed by atoms with Crippen molar-refractivity contribution < 1.29 is 9.59 Å². The number of nitrogens with zero attached hydrogens (tertiary/aromatic N) is 3. The molecule has 120 valence electrons. The van der Waals surface area contributed by atoms with Crippen LogP contribution in [-0.4, -0.2) is 32.9 Å². The van der Waals surface area contributed by atoms with E-state index >= 15 is 0 Å². The lowest BCUT2D eigenvalue weighted by atomic mass is 9.88. The first-order valence-electron chi connectivity index (χ1n) is 7.59. The first kappa shape index (κ1) is 15.3. The third-order valence-electron chi connectivity index (χ3n) is 4.47. The first-order chi connectivity index (χ1) is 10.9. The molecule has 2 aromatic rings. The fourth-order valence-electron chi connectivity index (χ4n) is 3.07. The van der Waals surface area contributed by atoms with Crippen molar-refractivity contribution in [2.75, 3.05) is 6.54 Å². The van der Waals surface area contributed by atoms with Crippen LogP contribution in [0.3, 0.4) is 0 Å². The van der Waals surface area contributed by atoms with Crippen LogP contribution in [0.15, 0.2) is 36.8 Å². The molecule has 1 aliphatic rings. The van der Waals surface area contributed by atoms with Crippen LogP contribution < -0.4 is 5.32 Å². The summed E-state index contributed by atoms with van der Waals surface area (Å²) >= 11 is 0. The highest BCUT2D eigenvalue weighted by atomic mass is 16.2. The van der Waals surface area contributed by atoms with Gasteiger partial charge in [0.15, 0.2) is 0 Å². The summed E-state index contributed by atoms with van der Waals surface area (Å²) in [5.41, 5.74) is 1.79. The van der Waals surface area contributed by atoms with Crippen molar-refractivity contribution in [1.82, 2.24) is 19.8 Å². The van der Waals surface area contributed by atoms with Gasteiger partial charge in [-0.25, -0.2) is 9.78 Å². The monoisotopic (exact) mass is 312 g/mol. The van der Waals surface area contributed by atoms with Gasteiger partial charge in [0.05, 0.1) is 6.33 Å². The molecule has 2 heterocycles. The summed E-state index contributed by atoms with van der Waals surface area (Å²) in [6.07, 6.45) is 4.04. The molecule has 0 saturated carbocycles. The lowest BCUT2D eigenvalue weighted by Gasteiger charge is -2.24. The minimum atomic E-state index is -1.01. The van der Waals surface area contributed by atoms with Gasteiger partial charge in [0.1, 0.15) is 5.54 Å². The number of carbonyl (C=O) groups excluding carboxylic acids is 2. The van der Waals surface area contributed by atoms with Crippen LogP contribution in [0, 0.1) is 6.92 Å². The minimum Gasteiger partial charge on any atom is -0.338 e. The molecule has 1 saturated heterocycles. The third-order valence-corrected chi connectivity index (χ3v) is 4.47. The number of benzene rings is 1. The Bertz CT molecular complexity index is 767. The predicted octanol–water partition coefficient (Wildman–Crippen LogP) is 1.74. The molecule has 3 amide bonds. The number of imide groups is 1. The topological polar surface area (TPSA) is 67.2 Å². The number of hydrogen-bond acceptors (Lipinski definition) is 3. The van der Waals surface area contributed by atoms with Crippen LogP contribution in [0.2, 0.25) is 0 Å². The van der Waals surface area contributed by atoms with E-state index in [9.17, 15) is 9.59 Å². The fourth-order valence-corrected chi connectivity index (χ4v) is 3.07. The van der Waals surface area contributed by atoms with Crippen molar-refractivity contribution >= 4 is 11.9 Å². The first-order valence-corrected chi connectivity index (χ1v) is 7.59. The molecule has 0 unspecified atom stereocenters. The van der Waals surface area contributed by atoms with Gasteiger partial charge in [0.2, 0.25) is 0 Å². The number of aryl methyl sites for hydroxylation is 2. The zero-order valence-corrected chi connectivity index (χ0v) is 13.5. The van der Waals surface area contributed by atoms with Crippen LogP contribution in [-0.2, 0) is 23.8 Å². The summed E-state index contributed by atoms with van der Waals surface area (Å²) in [4.78, 5) is 30.5. The Hall–Kier alpha value is -2.63. The summed E-state index contributed by atoms with van der Waals surface area (Å²) in [7, 11) is 1.89. The molecule has 1 fully saturated rings. The van der Waals surface area contributed by atoms with Crippen LogP contribution >= 0.6 is 0 Å². The zero-order valence-electron chi connectivity index (χ0n) is 13.5. The van der Waals surface area contributed by atoms with Crippen LogP contribution in [0.5, 0.6) is 0 Å². The van der Waals surface area contributed by atoms with E-state index in [4.69, 9.17) is 0 Å². The number of hydrogen-bond donors (Lipinski definition) is 1. The largest absolute Gasteiger partial charge is 0.338 e. The van der Waals surface area contributed by atoms with Crippen molar-refractivity contribution in [1.29, 1.82) is 0 Å². The van der Waals surface area contributed by atoms with Crippen LogP contribution in [0.1, 0.15) is 23.7 Å². The molecule has 1 aliphatic heterocycles. The Morgan fingerprint density at radius 2 is 2.00 bits per heavy atom. The summed E-state index contributed by atoms with van der Waals surface area (Å²) in [5.74, 6) is -0.209. The average Bonchev–Trinajstić information content (AvgIpc) is 3.01. The molecule has 0 spiro atoms. The number of urea groups is 1. The molecular formula is C17H20N4O2. The highest BCUT2D eigenvalue weighted by Crippen LogP contribution is 2.30. The Morgan fingerprint density at radius 3 is 2.65 bits per heavy atom. The standard InChI is InChI=1S/C17H20N4O2/c1-12-6-4-5-7-14(12)17(2)15(22)21(16(23)19-17)9-8-13-10-18-11-20(13)3/h4-7,10-11H,8-9H2,1-3H3,(H,19,23)/t17-/m1/s1. The SMILES string of the molecule is Cc1ccccc1[C@@]1(C)NC(=O)N(CCc2cncn2C)C1=O. The molecule has 1 N–H and O–H groups in total. The molecule has 6 heteroatoms. The van der Waals surface area contributed by atoms with Crippen molar-refractivity contribution in [3.05, 3.63) is 53.6 Å². The maximum Gasteiger partial charge on any atom is 0.325 e. The molecule has 23 heavy (non-hydrogen) atoms. The van der Waals surface area contributed by atoms with E-state index < -0.39 is 5.54 Å². The van der Waals surface area contributed by atoms with Gasteiger partial charge in [-0.1, -0.05) is 24.3 Å². The van der Waals surface area contributed by atoms with E-state index in [0.29, 0.717) is 13.0 Å². The van der Waals surface area contributed by atoms with E-state index in [1.807, 2.05) is 42.8 Å². The number of aromatic nitrogens is 2. The molecule has 6 nitrogen and oxygen atoms in total. The van der Waals surface area contributed by atoms with Crippen molar-refractivity contribution in [2.45, 2.75) is 25.8 Å². The molecule has 0 bridgehead atoms. The van der Waals surface area contributed by atoms with Gasteiger partial charge in [-0.15, -0.1) is 0 Å². The Morgan fingerprint density at radius 1 is 1.26 bits per heavy atom. The summed E-state index contributed by atoms with van der Waals surface area (Å²) in [5, 5.41) is 2.85. The number of nitrogens with one attached hydrogen (secondary N) is 1. The quantitative estimate of drug-likeness (QED) is 0.875. The molecule has 1 atom stereocenters. The second kappa shape index (κ2) is 5.53. The van der Waals surface area contributed by atoms with Gasteiger partial charge in [0, 0.05) is 31.9 Å². The highest BCUT2D eigenvalue weighted by Gasteiger charge is 2.49. The maximum atomic E-state index is 12.9. The molecule has 3 rings (SSSR count). The van der Waals surface area contributed by atoms with Crippen molar-refractivity contribution in [3.63, 3.8) is 0 Å². The van der Waals surface area contributed by atoms with Gasteiger partial charge >= 0.3 is 6.03 Å². The second-order valence-corrected chi connectivity index (χ2v) is 6.07. The lowest BCUT2D eigenvalue weighted by Crippen LogP contribution is -2.41. The summed E-state index contributed by atoms with van der Waals surface area (Å²) in [6, 6.07) is 7.29. The van der Waals surface area contributed by atoms with Gasteiger partial charge in [-0.2, -0.15) is 0 Å². The van der Waals surface area contributed by atoms with Crippen molar-refractivity contribution in [3.8, 4) is 0 Å². The molecule has 1 aromatic heterocycles. The van der Waals surface area contributed by atoms with Gasteiger partial charge in [-0.3, -0.25) is 9.69 Å². The van der Waals surface area contributed by atoms with E-state index in [2.05, 4.69) is 10.3 Å². The molecule has 0 radical (unpaired) electrons. The second-order valence-electron chi connectivity index (χ2n) is 6.07. The van der Waals surface area contributed by atoms with E-state index in [0.717, 1.165) is 16.8 Å². The summed E-state index contributed by atoms with van der Waals surface area (Å²) < 4.78 is 1.89. The van der Waals surface area contributed by atoms with Gasteiger partial charge in [0.25, 0.3) is 5.91 Å². The number of amides is 3. The van der Waals surface area contributed by atoms with E-state index in [-0.39, 0.29) is 11.9 Å².